The Morgan fingerprint density at radius 3 is 2.39 bits per heavy atom. The Morgan fingerprint density at radius 2 is 1.64 bits per heavy atom. The van der Waals surface area contributed by atoms with Crippen LogP contribution in [0.2, 0.25) is 0 Å². The lowest BCUT2D eigenvalue weighted by Crippen LogP contribution is -2.29. The number of benzene rings is 3. The van der Waals surface area contributed by atoms with Crippen molar-refractivity contribution in [1.29, 1.82) is 0 Å². The van der Waals surface area contributed by atoms with Gasteiger partial charge in [-0.05, 0) is 41.8 Å². The van der Waals surface area contributed by atoms with E-state index in [0.717, 1.165) is 11.1 Å². The van der Waals surface area contributed by atoms with Crippen LogP contribution in [0.1, 0.15) is 21.5 Å². The van der Waals surface area contributed by atoms with Gasteiger partial charge in [0.1, 0.15) is 16.9 Å². The molecule has 1 N–H and O–H groups in total. The molecule has 0 aliphatic heterocycles. The van der Waals surface area contributed by atoms with Crippen LogP contribution in [-0.2, 0) is 11.2 Å². The van der Waals surface area contributed by atoms with Crippen LogP contribution in [0.4, 0.5) is 0 Å². The molecule has 0 radical (unpaired) electrons. The summed E-state index contributed by atoms with van der Waals surface area (Å²) in [4.78, 5) is 36.9. The van der Waals surface area contributed by atoms with E-state index in [1.165, 1.54) is 18.2 Å². The van der Waals surface area contributed by atoms with Crippen molar-refractivity contribution in [1.82, 2.24) is 5.32 Å². The molecule has 0 aliphatic carbocycles. The number of hydrogen-bond donors (Lipinski definition) is 1. The predicted molar refractivity (Wildman–Crippen MR) is 126 cm³/mol. The van der Waals surface area contributed by atoms with E-state index in [9.17, 15) is 14.4 Å². The molecule has 4 rings (SSSR count). The second-order valence-electron chi connectivity index (χ2n) is 7.30. The summed E-state index contributed by atoms with van der Waals surface area (Å²) in [5, 5.41) is 3.29. The number of carbonyl (C=O) groups excluding carboxylic acids is 2. The fourth-order valence-corrected chi connectivity index (χ4v) is 3.25. The zero-order chi connectivity index (χ0) is 23.0. The number of amides is 1. The van der Waals surface area contributed by atoms with E-state index >= 15 is 0 Å². The van der Waals surface area contributed by atoms with Gasteiger partial charge in [-0.1, -0.05) is 60.7 Å². The van der Waals surface area contributed by atoms with Crippen molar-refractivity contribution in [3.05, 3.63) is 118 Å². The number of ether oxygens (including phenoxy) is 1. The summed E-state index contributed by atoms with van der Waals surface area (Å²) >= 11 is 0. The van der Waals surface area contributed by atoms with Gasteiger partial charge < -0.3 is 14.5 Å². The fraction of sp³-hybridized carbons (Fsp3) is 0.0741. The van der Waals surface area contributed by atoms with Crippen LogP contribution >= 0.6 is 0 Å². The molecule has 1 amide bonds. The van der Waals surface area contributed by atoms with Gasteiger partial charge in [0, 0.05) is 24.1 Å². The van der Waals surface area contributed by atoms with Crippen molar-refractivity contribution in [2.75, 3.05) is 6.54 Å². The molecule has 164 valence electrons. The highest BCUT2D eigenvalue weighted by molar-refractivity contribution is 5.97. The first-order chi connectivity index (χ1) is 16.1. The minimum absolute atomic E-state index is 0.0777. The molecule has 6 nitrogen and oxygen atoms in total. The Bertz CT molecular complexity index is 1360. The van der Waals surface area contributed by atoms with E-state index < -0.39 is 17.5 Å². The van der Waals surface area contributed by atoms with E-state index in [4.69, 9.17) is 9.15 Å². The van der Waals surface area contributed by atoms with Crippen LogP contribution in [0.5, 0.6) is 5.75 Å². The van der Waals surface area contributed by atoms with Gasteiger partial charge in [-0.3, -0.25) is 4.79 Å². The third-order valence-corrected chi connectivity index (χ3v) is 4.92. The zero-order valence-corrected chi connectivity index (χ0v) is 17.7. The Kier molecular flexibility index (Phi) is 6.75. The zero-order valence-electron chi connectivity index (χ0n) is 17.7. The van der Waals surface area contributed by atoms with Crippen LogP contribution in [0.3, 0.4) is 0 Å². The first-order valence-electron chi connectivity index (χ1n) is 10.4. The molecule has 0 spiro atoms. The summed E-state index contributed by atoms with van der Waals surface area (Å²) < 4.78 is 10.6. The molecule has 4 aromatic rings. The van der Waals surface area contributed by atoms with E-state index in [1.54, 1.807) is 18.2 Å². The van der Waals surface area contributed by atoms with Gasteiger partial charge in [0.2, 0.25) is 0 Å². The highest BCUT2D eigenvalue weighted by atomic mass is 16.5. The summed E-state index contributed by atoms with van der Waals surface area (Å²) in [7, 11) is 0. The number of nitrogens with one attached hydrogen (secondary N) is 1. The molecule has 0 saturated heterocycles. The predicted octanol–water partition coefficient (Wildman–Crippen LogP) is 4.38. The number of hydrogen-bond acceptors (Lipinski definition) is 5. The lowest BCUT2D eigenvalue weighted by Gasteiger charge is -2.06. The molecule has 1 aromatic heterocycles. The summed E-state index contributed by atoms with van der Waals surface area (Å²) in [6, 6.07) is 25.2. The van der Waals surface area contributed by atoms with Gasteiger partial charge in [0.15, 0.2) is 0 Å². The average molecular weight is 439 g/mol. The lowest BCUT2D eigenvalue weighted by molar-refractivity contribution is -0.128. The molecule has 6 heteroatoms. The number of carbonyl (C=O) groups is 2. The first kappa shape index (κ1) is 21.8. The Balaban J connectivity index is 1.42. The number of fused-ring (bicyclic) bond motifs is 1. The Hall–Kier alpha value is -4.45. The molecule has 0 bridgehead atoms. The standard InChI is InChI=1S/C27H21NO5/c29-25(14-11-19-7-3-1-4-8-19)32-22-13-12-21-17-23(27(31)33-24(21)18-22)26(30)28-16-15-20-9-5-2-6-10-20/h1-14,17-18H,15-16H2,(H,28,30)/b14-11+. The SMILES string of the molecule is O=C(/C=C/c1ccccc1)Oc1ccc2cc(C(=O)NCCc3ccccc3)c(=O)oc2c1. The van der Waals surface area contributed by atoms with Crippen molar-refractivity contribution < 1.29 is 18.7 Å². The average Bonchev–Trinajstić information content (AvgIpc) is 2.83. The maximum Gasteiger partial charge on any atom is 0.349 e. The maximum absolute atomic E-state index is 12.5. The largest absolute Gasteiger partial charge is 0.423 e. The molecule has 0 unspecified atom stereocenters. The van der Waals surface area contributed by atoms with Crippen molar-refractivity contribution in [3.63, 3.8) is 0 Å². The monoisotopic (exact) mass is 439 g/mol. The topological polar surface area (TPSA) is 85.6 Å². The summed E-state index contributed by atoms with van der Waals surface area (Å²) in [6.07, 6.45) is 3.61. The highest BCUT2D eigenvalue weighted by Crippen LogP contribution is 2.21. The van der Waals surface area contributed by atoms with E-state index in [1.807, 2.05) is 60.7 Å². The third kappa shape index (κ3) is 5.83. The van der Waals surface area contributed by atoms with E-state index in [2.05, 4.69) is 5.32 Å². The second-order valence-corrected chi connectivity index (χ2v) is 7.30. The van der Waals surface area contributed by atoms with Crippen molar-refractivity contribution >= 4 is 28.9 Å². The molecule has 0 saturated carbocycles. The van der Waals surface area contributed by atoms with Crippen LogP contribution < -0.4 is 15.7 Å². The molecule has 0 atom stereocenters. The van der Waals surface area contributed by atoms with E-state index in [0.29, 0.717) is 18.4 Å². The summed E-state index contributed by atoms with van der Waals surface area (Å²) in [6.45, 7) is 0.395. The molecular formula is C27H21NO5. The van der Waals surface area contributed by atoms with Gasteiger partial charge in [0.05, 0.1) is 0 Å². The minimum Gasteiger partial charge on any atom is -0.423 e. The maximum atomic E-state index is 12.5. The van der Waals surface area contributed by atoms with Gasteiger partial charge >= 0.3 is 11.6 Å². The third-order valence-electron chi connectivity index (χ3n) is 4.92. The van der Waals surface area contributed by atoms with Crippen molar-refractivity contribution in [3.8, 4) is 5.75 Å². The molecule has 1 heterocycles. The summed E-state index contributed by atoms with van der Waals surface area (Å²) in [5.41, 5.74) is 1.34. The smallest absolute Gasteiger partial charge is 0.349 e. The van der Waals surface area contributed by atoms with Gasteiger partial charge in [0.25, 0.3) is 5.91 Å². The quantitative estimate of drug-likeness (QED) is 0.200. The van der Waals surface area contributed by atoms with Crippen LogP contribution in [0.25, 0.3) is 17.0 Å². The normalized spacial score (nSPS) is 10.9. The van der Waals surface area contributed by atoms with Crippen molar-refractivity contribution in [2.45, 2.75) is 6.42 Å². The van der Waals surface area contributed by atoms with Crippen molar-refractivity contribution in [2.24, 2.45) is 0 Å². The minimum atomic E-state index is -0.757. The molecule has 33 heavy (non-hydrogen) atoms. The number of esters is 1. The van der Waals surface area contributed by atoms with Gasteiger partial charge in [-0.25, -0.2) is 9.59 Å². The molecule has 0 aliphatic rings. The van der Waals surface area contributed by atoms with Gasteiger partial charge in [-0.2, -0.15) is 0 Å². The number of rotatable bonds is 7. The second kappa shape index (κ2) is 10.2. The molecule has 0 fully saturated rings. The van der Waals surface area contributed by atoms with Crippen LogP contribution in [-0.4, -0.2) is 18.4 Å². The highest BCUT2D eigenvalue weighted by Gasteiger charge is 2.14. The Labute approximate surface area is 190 Å². The van der Waals surface area contributed by atoms with Crippen LogP contribution in [0.15, 0.2) is 100 Å². The van der Waals surface area contributed by atoms with Gasteiger partial charge in [-0.15, -0.1) is 0 Å². The van der Waals surface area contributed by atoms with Crippen LogP contribution in [0, 0.1) is 0 Å². The molecular weight excluding hydrogens is 418 g/mol. The Morgan fingerprint density at radius 1 is 0.909 bits per heavy atom. The fourth-order valence-electron chi connectivity index (χ4n) is 3.25. The first-order valence-corrected chi connectivity index (χ1v) is 10.4. The lowest BCUT2D eigenvalue weighted by atomic mass is 10.1. The summed E-state index contributed by atoms with van der Waals surface area (Å²) in [5.74, 6) is -0.827. The molecule has 3 aromatic carbocycles. The van der Waals surface area contributed by atoms with E-state index in [-0.39, 0.29) is 16.9 Å².